The van der Waals surface area contributed by atoms with Crippen molar-refractivity contribution in [3.63, 3.8) is 0 Å². The molecule has 0 aromatic heterocycles. The first-order chi connectivity index (χ1) is 12.4. The molecule has 2 rings (SSSR count). The van der Waals surface area contributed by atoms with Crippen molar-refractivity contribution in [2.24, 2.45) is 5.16 Å². The molecule has 1 aromatic carbocycles. The van der Waals surface area contributed by atoms with E-state index in [0.29, 0.717) is 15.8 Å². The highest BCUT2D eigenvalue weighted by Gasteiger charge is 2.28. The van der Waals surface area contributed by atoms with Crippen LogP contribution in [0.5, 0.6) is 5.75 Å². The summed E-state index contributed by atoms with van der Waals surface area (Å²) in [7, 11) is 0. The minimum Gasteiger partial charge on any atom is -0.507 e. The zero-order chi connectivity index (χ0) is 20.4. The van der Waals surface area contributed by atoms with Crippen LogP contribution in [0.25, 0.3) is 6.08 Å². The van der Waals surface area contributed by atoms with E-state index in [1.165, 1.54) is 11.8 Å². The van der Waals surface area contributed by atoms with Crippen LogP contribution in [0.15, 0.2) is 34.8 Å². The van der Waals surface area contributed by atoms with Gasteiger partial charge < -0.3 is 9.94 Å². The Morgan fingerprint density at radius 2 is 1.74 bits per heavy atom. The van der Waals surface area contributed by atoms with Crippen molar-refractivity contribution in [3.8, 4) is 5.75 Å². The van der Waals surface area contributed by atoms with E-state index in [9.17, 15) is 9.90 Å². The first kappa shape index (κ1) is 21.1. The van der Waals surface area contributed by atoms with Gasteiger partial charge in [-0.05, 0) is 46.4 Å². The van der Waals surface area contributed by atoms with Crippen molar-refractivity contribution in [1.82, 2.24) is 5.32 Å². The van der Waals surface area contributed by atoms with Gasteiger partial charge in [0, 0.05) is 11.1 Å². The molecule has 0 aliphatic carbocycles. The Bertz CT molecular complexity index is 777. The number of thioether (sulfide) groups is 1. The van der Waals surface area contributed by atoms with E-state index in [1.807, 2.05) is 18.2 Å². The second-order valence-electron chi connectivity index (χ2n) is 8.51. The molecule has 5 nitrogen and oxygen atoms in total. The van der Waals surface area contributed by atoms with Gasteiger partial charge in [-0.1, -0.05) is 59.4 Å². The van der Waals surface area contributed by atoms with E-state index in [0.717, 1.165) is 16.7 Å². The van der Waals surface area contributed by atoms with Crippen molar-refractivity contribution in [2.75, 3.05) is 6.61 Å². The molecular weight excluding hydrogens is 360 g/mol. The number of carbonyl (C=O) groups is 1. The average molecular weight is 389 g/mol. The van der Waals surface area contributed by atoms with Gasteiger partial charge in [-0.25, -0.2) is 0 Å². The third kappa shape index (κ3) is 5.16. The number of rotatable bonds is 4. The minimum absolute atomic E-state index is 0.219. The van der Waals surface area contributed by atoms with Crippen molar-refractivity contribution >= 4 is 28.9 Å². The molecule has 2 N–H and O–H groups in total. The zero-order valence-corrected chi connectivity index (χ0v) is 17.7. The summed E-state index contributed by atoms with van der Waals surface area (Å²) in [6.07, 6.45) is 3.40. The SMILES string of the molecule is C=CCO/N=C1/NC(=O)/C(=C/c2cc(C(C)(C)C)c(O)c(C(C)(C)C)c2)S1. The maximum Gasteiger partial charge on any atom is 0.264 e. The van der Waals surface area contributed by atoms with Gasteiger partial charge in [0.1, 0.15) is 12.4 Å². The van der Waals surface area contributed by atoms with Crippen LogP contribution in [0.1, 0.15) is 58.2 Å². The van der Waals surface area contributed by atoms with Crippen LogP contribution in [0.4, 0.5) is 0 Å². The standard InChI is InChI=1S/C21H28N2O3S/c1-8-9-26-23-19-22-18(25)16(27-19)12-13-10-14(20(2,3)4)17(24)15(11-13)21(5,6)7/h8,10-12,24H,1,9H2,2-7H3,(H,22,23,25)/b16-12-. The summed E-state index contributed by atoms with van der Waals surface area (Å²) in [6, 6.07) is 3.88. The third-order valence-corrected chi connectivity index (χ3v) is 4.93. The summed E-state index contributed by atoms with van der Waals surface area (Å²) >= 11 is 1.22. The molecule has 0 spiro atoms. The quantitative estimate of drug-likeness (QED) is 0.340. The molecule has 1 aliphatic rings. The number of oxime groups is 1. The Morgan fingerprint density at radius 1 is 1.19 bits per heavy atom. The van der Waals surface area contributed by atoms with Gasteiger partial charge in [-0.3, -0.25) is 10.1 Å². The molecule has 0 atom stereocenters. The Labute approximate surface area is 165 Å². The molecule has 0 unspecified atom stereocenters. The molecule has 1 amide bonds. The Morgan fingerprint density at radius 3 is 2.22 bits per heavy atom. The number of carbonyl (C=O) groups excluding carboxylic acids is 1. The number of nitrogens with one attached hydrogen (secondary N) is 1. The van der Waals surface area contributed by atoms with Crippen molar-refractivity contribution < 1.29 is 14.7 Å². The molecule has 1 saturated heterocycles. The second-order valence-corrected chi connectivity index (χ2v) is 9.54. The number of phenols is 1. The molecule has 0 radical (unpaired) electrons. The number of benzene rings is 1. The van der Waals surface area contributed by atoms with Gasteiger partial charge in [0.25, 0.3) is 5.91 Å². The van der Waals surface area contributed by atoms with Gasteiger partial charge in [-0.2, -0.15) is 0 Å². The fourth-order valence-electron chi connectivity index (χ4n) is 2.65. The fraction of sp³-hybridized carbons (Fsp3) is 0.429. The van der Waals surface area contributed by atoms with Crippen molar-refractivity contribution in [3.05, 3.63) is 46.4 Å². The van der Waals surface area contributed by atoms with Gasteiger partial charge in [0.05, 0.1) is 4.91 Å². The Hall–Kier alpha value is -2.21. The summed E-state index contributed by atoms with van der Waals surface area (Å²) in [6.45, 7) is 16.2. The normalized spacial score (nSPS) is 18.1. The average Bonchev–Trinajstić information content (AvgIpc) is 2.87. The number of aromatic hydroxyl groups is 1. The van der Waals surface area contributed by atoms with E-state index >= 15 is 0 Å². The lowest BCUT2D eigenvalue weighted by atomic mass is 9.78. The lowest BCUT2D eigenvalue weighted by Crippen LogP contribution is -2.20. The third-order valence-electron chi connectivity index (χ3n) is 4.04. The van der Waals surface area contributed by atoms with E-state index in [-0.39, 0.29) is 23.3 Å². The molecule has 146 valence electrons. The number of amidine groups is 1. The van der Waals surface area contributed by atoms with Crippen molar-refractivity contribution in [2.45, 2.75) is 52.4 Å². The second kappa shape index (κ2) is 7.80. The topological polar surface area (TPSA) is 70.9 Å². The smallest absolute Gasteiger partial charge is 0.264 e. The highest BCUT2D eigenvalue weighted by atomic mass is 32.2. The maximum atomic E-state index is 12.2. The summed E-state index contributed by atoms with van der Waals surface area (Å²) in [5, 5.41) is 17.8. The monoisotopic (exact) mass is 388 g/mol. The van der Waals surface area contributed by atoms with Gasteiger partial charge in [-0.15, -0.1) is 0 Å². The highest BCUT2D eigenvalue weighted by molar-refractivity contribution is 8.18. The summed E-state index contributed by atoms with van der Waals surface area (Å²) in [5.74, 6) is 0.101. The summed E-state index contributed by atoms with van der Waals surface area (Å²) in [4.78, 5) is 17.8. The summed E-state index contributed by atoms with van der Waals surface area (Å²) < 4.78 is 0. The van der Waals surface area contributed by atoms with Crippen LogP contribution in [0, 0.1) is 0 Å². The largest absolute Gasteiger partial charge is 0.507 e. The lowest BCUT2D eigenvalue weighted by Gasteiger charge is -2.28. The number of phenolic OH excluding ortho intramolecular Hbond substituents is 1. The molecule has 0 bridgehead atoms. The molecule has 1 aliphatic heterocycles. The minimum atomic E-state index is -0.227. The fourth-order valence-corrected chi connectivity index (χ4v) is 3.44. The maximum absolute atomic E-state index is 12.2. The number of hydrogen-bond donors (Lipinski definition) is 2. The van der Waals surface area contributed by atoms with Crippen LogP contribution in [-0.2, 0) is 20.5 Å². The van der Waals surface area contributed by atoms with Crippen LogP contribution in [0.2, 0.25) is 0 Å². The van der Waals surface area contributed by atoms with E-state index in [4.69, 9.17) is 4.84 Å². The summed E-state index contributed by atoms with van der Waals surface area (Å²) in [5.41, 5.74) is 2.12. The molecule has 1 heterocycles. The molecule has 1 fully saturated rings. The molecular formula is C21H28N2O3S. The van der Waals surface area contributed by atoms with Crippen molar-refractivity contribution in [1.29, 1.82) is 0 Å². The zero-order valence-electron chi connectivity index (χ0n) is 16.8. The van der Waals surface area contributed by atoms with Crippen LogP contribution in [0.3, 0.4) is 0 Å². The molecule has 6 heteroatoms. The Balaban J connectivity index is 2.47. The highest BCUT2D eigenvalue weighted by Crippen LogP contribution is 2.40. The van der Waals surface area contributed by atoms with E-state index in [2.05, 4.69) is 58.6 Å². The first-order valence-electron chi connectivity index (χ1n) is 8.83. The molecule has 1 aromatic rings. The van der Waals surface area contributed by atoms with E-state index < -0.39 is 0 Å². The number of hydrogen-bond acceptors (Lipinski definition) is 5. The van der Waals surface area contributed by atoms with Crippen LogP contribution in [-0.4, -0.2) is 22.8 Å². The lowest BCUT2D eigenvalue weighted by molar-refractivity contribution is -0.115. The Kier molecular flexibility index (Phi) is 6.10. The van der Waals surface area contributed by atoms with Crippen LogP contribution < -0.4 is 5.32 Å². The number of amides is 1. The molecule has 0 saturated carbocycles. The van der Waals surface area contributed by atoms with E-state index in [1.54, 1.807) is 6.08 Å². The first-order valence-corrected chi connectivity index (χ1v) is 9.65. The predicted molar refractivity (Wildman–Crippen MR) is 113 cm³/mol. The van der Waals surface area contributed by atoms with Gasteiger partial charge in [0.15, 0.2) is 0 Å². The van der Waals surface area contributed by atoms with Gasteiger partial charge in [0.2, 0.25) is 5.17 Å². The van der Waals surface area contributed by atoms with Crippen LogP contribution >= 0.6 is 11.8 Å². The molecule has 27 heavy (non-hydrogen) atoms. The van der Waals surface area contributed by atoms with Gasteiger partial charge >= 0.3 is 0 Å². The predicted octanol–water partition coefficient (Wildman–Crippen LogP) is 4.66. The number of nitrogens with zero attached hydrogens (tertiary/aromatic N) is 1.